The van der Waals surface area contributed by atoms with Crippen molar-refractivity contribution in [3.63, 3.8) is 0 Å². The van der Waals surface area contributed by atoms with E-state index in [0.717, 1.165) is 0 Å². The van der Waals surface area contributed by atoms with Crippen LogP contribution in [0.25, 0.3) is 0 Å². The summed E-state index contributed by atoms with van der Waals surface area (Å²) in [6.07, 6.45) is 6.76. The number of hydrogen-bond donors (Lipinski definition) is 1. The third-order valence-electron chi connectivity index (χ3n) is 2.29. The molecule has 2 aromatic heterocycles. The summed E-state index contributed by atoms with van der Waals surface area (Å²) >= 11 is 1.30. The first-order valence-corrected chi connectivity index (χ1v) is 6.87. The molecule has 1 amide bonds. The number of carbonyl (C=O) groups is 1. The SMILES string of the molecule is CC(C)n1cc(NC(=O)CSc2ncccn2)cn1. The first kappa shape index (κ1) is 13.5. The van der Waals surface area contributed by atoms with Gasteiger partial charge in [0.05, 0.1) is 17.6 Å². The summed E-state index contributed by atoms with van der Waals surface area (Å²) < 4.78 is 1.79. The highest BCUT2D eigenvalue weighted by Gasteiger charge is 2.07. The van der Waals surface area contributed by atoms with Gasteiger partial charge in [-0.2, -0.15) is 5.10 Å². The van der Waals surface area contributed by atoms with Gasteiger partial charge in [-0.1, -0.05) is 11.8 Å². The smallest absolute Gasteiger partial charge is 0.234 e. The van der Waals surface area contributed by atoms with E-state index in [1.807, 2.05) is 20.0 Å². The lowest BCUT2D eigenvalue weighted by Gasteiger charge is -2.04. The number of thioether (sulfide) groups is 1. The molecule has 0 radical (unpaired) electrons. The number of amides is 1. The Balaban J connectivity index is 1.84. The Morgan fingerprint density at radius 2 is 2.16 bits per heavy atom. The highest BCUT2D eigenvalue weighted by Crippen LogP contribution is 2.13. The zero-order chi connectivity index (χ0) is 13.7. The molecule has 1 N–H and O–H groups in total. The zero-order valence-corrected chi connectivity index (χ0v) is 11.6. The van der Waals surface area contributed by atoms with Crippen LogP contribution in [0.2, 0.25) is 0 Å². The predicted octanol–water partition coefficient (Wildman–Crippen LogP) is 1.98. The maximum Gasteiger partial charge on any atom is 0.234 e. The van der Waals surface area contributed by atoms with Crippen LogP contribution >= 0.6 is 11.8 Å². The Bertz CT molecular complexity index is 540. The van der Waals surface area contributed by atoms with Gasteiger partial charge in [0.1, 0.15) is 0 Å². The van der Waals surface area contributed by atoms with Gasteiger partial charge in [0, 0.05) is 24.6 Å². The summed E-state index contributed by atoms with van der Waals surface area (Å²) in [7, 11) is 0. The van der Waals surface area contributed by atoms with Crippen LogP contribution in [0.1, 0.15) is 19.9 Å². The van der Waals surface area contributed by atoms with E-state index in [1.165, 1.54) is 11.8 Å². The number of anilines is 1. The van der Waals surface area contributed by atoms with Gasteiger partial charge < -0.3 is 5.32 Å². The Kier molecular flexibility index (Phi) is 4.51. The Morgan fingerprint density at radius 3 is 2.79 bits per heavy atom. The van der Waals surface area contributed by atoms with Gasteiger partial charge in [0.2, 0.25) is 5.91 Å². The number of nitrogens with one attached hydrogen (secondary N) is 1. The van der Waals surface area contributed by atoms with Crippen molar-refractivity contribution in [1.82, 2.24) is 19.7 Å². The minimum Gasteiger partial charge on any atom is -0.323 e. The molecule has 0 saturated heterocycles. The fourth-order valence-electron chi connectivity index (χ4n) is 1.37. The zero-order valence-electron chi connectivity index (χ0n) is 10.8. The fraction of sp³-hybridized carbons (Fsp3) is 0.333. The molecule has 0 aliphatic rings. The fourth-order valence-corrected chi connectivity index (χ4v) is 1.98. The molecule has 0 saturated carbocycles. The number of aromatic nitrogens is 4. The molecule has 0 aliphatic heterocycles. The molecule has 100 valence electrons. The van der Waals surface area contributed by atoms with E-state index in [0.29, 0.717) is 10.8 Å². The van der Waals surface area contributed by atoms with E-state index in [9.17, 15) is 4.79 Å². The van der Waals surface area contributed by atoms with Crippen molar-refractivity contribution < 1.29 is 4.79 Å². The largest absolute Gasteiger partial charge is 0.323 e. The molecule has 0 spiro atoms. The van der Waals surface area contributed by atoms with Gasteiger partial charge in [-0.15, -0.1) is 0 Å². The van der Waals surface area contributed by atoms with E-state index in [4.69, 9.17) is 0 Å². The lowest BCUT2D eigenvalue weighted by molar-refractivity contribution is -0.113. The van der Waals surface area contributed by atoms with Gasteiger partial charge in [0.15, 0.2) is 5.16 Å². The summed E-state index contributed by atoms with van der Waals surface area (Å²) in [5, 5.41) is 7.54. The second-order valence-electron chi connectivity index (χ2n) is 4.17. The summed E-state index contributed by atoms with van der Waals surface area (Å²) in [4.78, 5) is 19.8. The van der Waals surface area contributed by atoms with Crippen molar-refractivity contribution in [2.24, 2.45) is 0 Å². The van der Waals surface area contributed by atoms with Gasteiger partial charge in [-0.25, -0.2) is 9.97 Å². The second kappa shape index (κ2) is 6.33. The molecule has 2 heterocycles. The number of hydrogen-bond acceptors (Lipinski definition) is 5. The van der Waals surface area contributed by atoms with Crippen LogP contribution in [-0.4, -0.2) is 31.4 Å². The lowest BCUT2D eigenvalue weighted by Crippen LogP contribution is -2.13. The minimum atomic E-state index is -0.0965. The molecule has 0 bridgehead atoms. The van der Waals surface area contributed by atoms with Crippen LogP contribution < -0.4 is 5.32 Å². The molecule has 0 aromatic carbocycles. The van der Waals surface area contributed by atoms with Gasteiger partial charge in [-0.3, -0.25) is 9.48 Å². The molecule has 0 aliphatic carbocycles. The number of rotatable bonds is 5. The third-order valence-corrected chi connectivity index (χ3v) is 3.16. The van der Waals surface area contributed by atoms with Crippen LogP contribution in [0.4, 0.5) is 5.69 Å². The van der Waals surface area contributed by atoms with Crippen molar-refractivity contribution in [2.75, 3.05) is 11.1 Å². The molecule has 0 unspecified atom stereocenters. The summed E-state index contributed by atoms with van der Waals surface area (Å²) in [6.45, 7) is 4.06. The molecule has 7 heteroatoms. The third kappa shape index (κ3) is 4.06. The van der Waals surface area contributed by atoms with Gasteiger partial charge in [0.25, 0.3) is 0 Å². The average Bonchev–Trinajstić information content (AvgIpc) is 2.86. The normalized spacial score (nSPS) is 10.7. The lowest BCUT2D eigenvalue weighted by atomic mass is 10.4. The monoisotopic (exact) mass is 277 g/mol. The summed E-state index contributed by atoms with van der Waals surface area (Å²) in [5.41, 5.74) is 0.702. The van der Waals surface area contributed by atoms with Crippen LogP contribution in [-0.2, 0) is 4.79 Å². The topological polar surface area (TPSA) is 72.7 Å². The van der Waals surface area contributed by atoms with Crippen LogP contribution in [0.15, 0.2) is 36.0 Å². The molecule has 2 aromatic rings. The van der Waals surface area contributed by atoms with E-state index >= 15 is 0 Å². The Labute approximate surface area is 115 Å². The van der Waals surface area contributed by atoms with E-state index in [-0.39, 0.29) is 17.7 Å². The summed E-state index contributed by atoms with van der Waals surface area (Å²) in [6, 6.07) is 2.02. The number of carbonyl (C=O) groups excluding carboxylic acids is 1. The molecule has 19 heavy (non-hydrogen) atoms. The van der Waals surface area contributed by atoms with Gasteiger partial charge in [-0.05, 0) is 19.9 Å². The standard InChI is InChI=1S/C12H15N5OS/c1-9(2)17-7-10(6-15-17)16-11(18)8-19-12-13-4-3-5-14-12/h3-7,9H,8H2,1-2H3,(H,16,18). The second-order valence-corrected chi connectivity index (χ2v) is 5.11. The summed E-state index contributed by atoms with van der Waals surface area (Å²) in [5.74, 6) is 0.178. The molecule has 0 fully saturated rings. The molecule has 0 atom stereocenters. The van der Waals surface area contributed by atoms with E-state index < -0.39 is 0 Å². The molecule has 2 rings (SSSR count). The maximum absolute atomic E-state index is 11.7. The average molecular weight is 277 g/mol. The highest BCUT2D eigenvalue weighted by atomic mass is 32.2. The Hall–Kier alpha value is -1.89. The van der Waals surface area contributed by atoms with Crippen molar-refractivity contribution in [3.8, 4) is 0 Å². The minimum absolute atomic E-state index is 0.0965. The van der Waals surface area contributed by atoms with Crippen LogP contribution in [0.3, 0.4) is 0 Å². The van der Waals surface area contributed by atoms with Crippen molar-refractivity contribution in [2.45, 2.75) is 25.0 Å². The molecule has 6 nitrogen and oxygen atoms in total. The van der Waals surface area contributed by atoms with Crippen molar-refractivity contribution in [3.05, 3.63) is 30.9 Å². The van der Waals surface area contributed by atoms with Crippen molar-refractivity contribution >= 4 is 23.4 Å². The van der Waals surface area contributed by atoms with E-state index in [2.05, 4.69) is 20.4 Å². The van der Waals surface area contributed by atoms with Crippen LogP contribution in [0.5, 0.6) is 0 Å². The maximum atomic E-state index is 11.7. The van der Waals surface area contributed by atoms with E-state index in [1.54, 1.807) is 29.3 Å². The van der Waals surface area contributed by atoms with Gasteiger partial charge >= 0.3 is 0 Å². The van der Waals surface area contributed by atoms with Crippen LogP contribution in [0, 0.1) is 0 Å². The number of nitrogens with zero attached hydrogens (tertiary/aromatic N) is 4. The quantitative estimate of drug-likeness (QED) is 0.668. The predicted molar refractivity (Wildman–Crippen MR) is 74.0 cm³/mol. The first-order chi connectivity index (χ1) is 9.15. The highest BCUT2D eigenvalue weighted by molar-refractivity contribution is 7.99. The van der Waals surface area contributed by atoms with Crippen molar-refractivity contribution in [1.29, 1.82) is 0 Å². The molecular formula is C12H15N5OS. The molecular weight excluding hydrogens is 262 g/mol. The Morgan fingerprint density at radius 1 is 1.42 bits per heavy atom. The first-order valence-electron chi connectivity index (χ1n) is 5.89.